The number of aromatic nitrogens is 3. The molecule has 0 N–H and O–H groups in total. The fraction of sp³-hybridized carbons (Fsp3) is 0.194. The van der Waals surface area contributed by atoms with Crippen molar-refractivity contribution >= 4 is 38.2 Å². The van der Waals surface area contributed by atoms with E-state index in [1.54, 1.807) is 25.4 Å². The fourth-order valence-corrected chi connectivity index (χ4v) is 6.54. The van der Waals surface area contributed by atoms with E-state index in [2.05, 4.69) is 15.0 Å². The van der Waals surface area contributed by atoms with Crippen LogP contribution >= 0.6 is 11.8 Å². The molecule has 5 rings (SSSR count). The van der Waals surface area contributed by atoms with Crippen molar-refractivity contribution in [3.8, 4) is 22.9 Å². The van der Waals surface area contributed by atoms with Crippen LogP contribution in [0.2, 0.25) is 0 Å². The molecule has 1 atom stereocenters. The Kier molecular flexibility index (Phi) is 8.53. The van der Waals surface area contributed by atoms with Gasteiger partial charge in [0.05, 0.1) is 16.9 Å². The van der Waals surface area contributed by atoms with Crippen molar-refractivity contribution in [3.05, 3.63) is 102 Å². The third-order valence-corrected chi connectivity index (χ3v) is 9.43. The Morgan fingerprint density at radius 3 is 2.46 bits per heavy atom. The van der Waals surface area contributed by atoms with Crippen LogP contribution in [-0.2, 0) is 14.8 Å². The number of ether oxygens (including phenoxy) is 2. The molecular weight excluding hydrogens is 556 g/mol. The second-order valence-corrected chi connectivity index (χ2v) is 12.3. The highest BCUT2D eigenvalue weighted by Crippen LogP contribution is 2.41. The van der Waals surface area contributed by atoms with E-state index in [1.807, 2.05) is 86.0 Å². The zero-order valence-electron chi connectivity index (χ0n) is 23.2. The average molecular weight is 587 g/mol. The van der Waals surface area contributed by atoms with E-state index in [-0.39, 0.29) is 6.73 Å². The quantitative estimate of drug-likeness (QED) is 0.0979. The molecule has 2 heterocycles. The summed E-state index contributed by atoms with van der Waals surface area (Å²) in [6.45, 7) is 3.50. The second-order valence-electron chi connectivity index (χ2n) is 9.33. The number of benzene rings is 3. The van der Waals surface area contributed by atoms with Gasteiger partial charge in [0, 0.05) is 30.3 Å². The van der Waals surface area contributed by atoms with Crippen LogP contribution in [0.5, 0.6) is 11.6 Å². The molecule has 3 aromatic carbocycles. The summed E-state index contributed by atoms with van der Waals surface area (Å²) in [6, 6.07) is 24.1. The summed E-state index contributed by atoms with van der Waals surface area (Å²) >= 11 is 1.45. The Morgan fingerprint density at radius 2 is 1.71 bits per heavy atom. The molecule has 210 valence electrons. The fourth-order valence-electron chi connectivity index (χ4n) is 4.61. The molecule has 41 heavy (non-hydrogen) atoms. The Balaban J connectivity index is 1.61. The maximum absolute atomic E-state index is 14.0. The molecule has 0 aliphatic rings. The van der Waals surface area contributed by atoms with Gasteiger partial charge in [0.15, 0.2) is 5.16 Å². The first-order chi connectivity index (χ1) is 19.8. The first-order valence-electron chi connectivity index (χ1n) is 12.9. The molecule has 0 saturated carbocycles. The van der Waals surface area contributed by atoms with Gasteiger partial charge in [-0.05, 0) is 55.5 Å². The van der Waals surface area contributed by atoms with Crippen LogP contribution in [0.3, 0.4) is 0 Å². The minimum Gasteiger partial charge on any atom is -0.437 e. The van der Waals surface area contributed by atoms with Crippen molar-refractivity contribution in [1.29, 1.82) is 0 Å². The number of hydrogen-bond acceptors (Lipinski definition) is 8. The van der Waals surface area contributed by atoms with Crippen LogP contribution in [0.15, 0.2) is 96.4 Å². The monoisotopic (exact) mass is 586 g/mol. The summed E-state index contributed by atoms with van der Waals surface area (Å²) in [5.41, 5.74) is 3.48. The summed E-state index contributed by atoms with van der Waals surface area (Å²) in [5.74, 6) is 0.965. The number of anilines is 1. The van der Waals surface area contributed by atoms with Gasteiger partial charge in [0.2, 0.25) is 15.9 Å². The number of sulfonamides is 1. The standard InChI is InChI=1S/C31H30N4O4S2/c1-21-15-16-24-25(29(21)39-30-26(13-9-18-32-30)27-17-19-33-31(34-27)40-4)12-8-14-28(24)35(20-38-3)41(36,37)22(2)23-10-6-5-7-11-23/h5-19,22H,20H2,1-4H3. The van der Waals surface area contributed by atoms with E-state index in [0.29, 0.717) is 39.1 Å². The number of hydrogen-bond donors (Lipinski definition) is 0. The van der Waals surface area contributed by atoms with E-state index in [4.69, 9.17) is 9.47 Å². The topological polar surface area (TPSA) is 94.5 Å². The van der Waals surface area contributed by atoms with Crippen LogP contribution in [0, 0.1) is 6.92 Å². The summed E-state index contributed by atoms with van der Waals surface area (Å²) in [4.78, 5) is 13.4. The molecule has 0 aliphatic carbocycles. The van der Waals surface area contributed by atoms with Gasteiger partial charge in [-0.15, -0.1) is 0 Å². The van der Waals surface area contributed by atoms with Crippen LogP contribution in [0.1, 0.15) is 23.3 Å². The number of aryl methyl sites for hydroxylation is 1. The summed E-state index contributed by atoms with van der Waals surface area (Å²) in [7, 11) is -2.37. The smallest absolute Gasteiger partial charge is 0.243 e. The molecule has 8 nitrogen and oxygen atoms in total. The number of nitrogens with zero attached hydrogens (tertiary/aromatic N) is 4. The van der Waals surface area contributed by atoms with Gasteiger partial charge < -0.3 is 9.47 Å². The zero-order chi connectivity index (χ0) is 29.0. The predicted molar refractivity (Wildman–Crippen MR) is 164 cm³/mol. The SMILES string of the molecule is COCN(c1cccc2c(Oc3ncccc3-c3ccnc(SC)n3)c(C)ccc12)S(=O)(=O)C(C)c1ccccc1. The van der Waals surface area contributed by atoms with Crippen molar-refractivity contribution in [3.63, 3.8) is 0 Å². The van der Waals surface area contributed by atoms with Crippen molar-refractivity contribution < 1.29 is 17.9 Å². The van der Waals surface area contributed by atoms with Crippen molar-refractivity contribution in [2.75, 3.05) is 24.4 Å². The van der Waals surface area contributed by atoms with Gasteiger partial charge in [-0.25, -0.2) is 27.7 Å². The van der Waals surface area contributed by atoms with Gasteiger partial charge in [-0.3, -0.25) is 0 Å². The van der Waals surface area contributed by atoms with Gasteiger partial charge in [0.1, 0.15) is 17.7 Å². The molecule has 0 bridgehead atoms. The number of fused-ring (bicyclic) bond motifs is 1. The molecule has 5 aromatic rings. The maximum atomic E-state index is 14.0. The third kappa shape index (κ3) is 5.76. The van der Waals surface area contributed by atoms with Crippen molar-refractivity contribution in [2.24, 2.45) is 0 Å². The lowest BCUT2D eigenvalue weighted by Gasteiger charge is -2.28. The molecule has 1 unspecified atom stereocenters. The first kappa shape index (κ1) is 28.5. The normalized spacial score (nSPS) is 12.3. The second kappa shape index (κ2) is 12.3. The van der Waals surface area contributed by atoms with Crippen molar-refractivity contribution in [1.82, 2.24) is 15.0 Å². The molecule has 0 radical (unpaired) electrons. The lowest BCUT2D eigenvalue weighted by Crippen LogP contribution is -2.35. The lowest BCUT2D eigenvalue weighted by molar-refractivity contribution is 0.209. The number of methoxy groups -OCH3 is 1. The Morgan fingerprint density at radius 1 is 0.902 bits per heavy atom. The molecule has 0 amide bonds. The number of thioether (sulfide) groups is 1. The largest absolute Gasteiger partial charge is 0.437 e. The van der Waals surface area contributed by atoms with Crippen LogP contribution in [0.25, 0.3) is 22.0 Å². The van der Waals surface area contributed by atoms with E-state index in [1.165, 1.54) is 23.2 Å². The number of pyridine rings is 1. The third-order valence-electron chi connectivity index (χ3n) is 6.79. The van der Waals surface area contributed by atoms with E-state index in [9.17, 15) is 8.42 Å². The van der Waals surface area contributed by atoms with Crippen molar-refractivity contribution in [2.45, 2.75) is 24.3 Å². The summed E-state index contributed by atoms with van der Waals surface area (Å²) in [6.07, 6.45) is 5.30. The van der Waals surface area contributed by atoms with Crippen LogP contribution in [-0.4, -0.2) is 43.5 Å². The molecule has 0 saturated heterocycles. The minimum absolute atomic E-state index is 0.140. The van der Waals surface area contributed by atoms with Gasteiger partial charge in [-0.2, -0.15) is 0 Å². The zero-order valence-corrected chi connectivity index (χ0v) is 24.8. The molecule has 0 spiro atoms. The van der Waals surface area contributed by atoms with E-state index >= 15 is 0 Å². The Bertz CT molecular complexity index is 1780. The Hall–Kier alpha value is -3.99. The van der Waals surface area contributed by atoms with Gasteiger partial charge >= 0.3 is 0 Å². The molecule has 10 heteroatoms. The summed E-state index contributed by atoms with van der Waals surface area (Å²) < 4.78 is 41.1. The van der Waals surface area contributed by atoms with Gasteiger partial charge in [0.25, 0.3) is 0 Å². The molecule has 2 aromatic heterocycles. The predicted octanol–water partition coefficient (Wildman–Crippen LogP) is 7.02. The van der Waals surface area contributed by atoms with E-state index in [0.717, 1.165) is 16.5 Å². The van der Waals surface area contributed by atoms with Crippen LogP contribution < -0.4 is 9.04 Å². The highest BCUT2D eigenvalue weighted by atomic mass is 32.2. The first-order valence-corrected chi connectivity index (χ1v) is 15.7. The molecule has 0 fully saturated rings. The lowest BCUT2D eigenvalue weighted by atomic mass is 10.0. The minimum atomic E-state index is -3.85. The highest BCUT2D eigenvalue weighted by Gasteiger charge is 2.31. The maximum Gasteiger partial charge on any atom is 0.243 e. The van der Waals surface area contributed by atoms with Gasteiger partial charge in [-0.1, -0.05) is 66.4 Å². The molecule has 0 aliphatic heterocycles. The molecular formula is C31H30N4O4S2. The van der Waals surface area contributed by atoms with Crippen LogP contribution in [0.4, 0.5) is 5.69 Å². The number of rotatable bonds is 10. The Labute approximate surface area is 244 Å². The highest BCUT2D eigenvalue weighted by molar-refractivity contribution is 7.98. The average Bonchev–Trinajstić information content (AvgIpc) is 3.01. The van der Waals surface area contributed by atoms with E-state index < -0.39 is 15.3 Å². The summed E-state index contributed by atoms with van der Waals surface area (Å²) in [5, 5.41) is 1.31.